The molecular formula is C82H160O17P2. The van der Waals surface area contributed by atoms with Gasteiger partial charge in [-0.2, -0.15) is 0 Å². The van der Waals surface area contributed by atoms with Crippen LogP contribution in [0.3, 0.4) is 0 Å². The normalized spacial score (nSPS) is 13.9. The van der Waals surface area contributed by atoms with E-state index in [1.165, 1.54) is 250 Å². The van der Waals surface area contributed by atoms with Gasteiger partial charge in [-0.15, -0.1) is 0 Å². The number of phosphoric ester groups is 2. The van der Waals surface area contributed by atoms with E-state index >= 15 is 0 Å². The second-order valence-electron chi connectivity index (χ2n) is 30.5. The highest BCUT2D eigenvalue weighted by Gasteiger charge is 2.30. The van der Waals surface area contributed by atoms with Gasteiger partial charge in [-0.3, -0.25) is 37.3 Å². The van der Waals surface area contributed by atoms with Crippen LogP contribution < -0.4 is 0 Å². The van der Waals surface area contributed by atoms with Crippen molar-refractivity contribution >= 4 is 39.5 Å². The minimum Gasteiger partial charge on any atom is -0.462 e. The molecule has 2 unspecified atom stereocenters. The van der Waals surface area contributed by atoms with E-state index < -0.39 is 97.5 Å². The van der Waals surface area contributed by atoms with Crippen molar-refractivity contribution in [1.29, 1.82) is 0 Å². The Bertz CT molecular complexity index is 1940. The predicted octanol–water partition coefficient (Wildman–Crippen LogP) is 24.7. The molecule has 0 spiro atoms. The third-order valence-corrected chi connectivity index (χ3v) is 21.1. The van der Waals surface area contributed by atoms with Crippen molar-refractivity contribution < 1.29 is 80.2 Å². The molecule has 0 fully saturated rings. The average Bonchev–Trinajstić information content (AvgIpc) is 0.999. The van der Waals surface area contributed by atoms with Crippen LogP contribution in [0.1, 0.15) is 433 Å². The van der Waals surface area contributed by atoms with Crippen molar-refractivity contribution in [3.05, 3.63) is 0 Å². The Morgan fingerprint density at radius 1 is 0.267 bits per heavy atom. The first-order chi connectivity index (χ1) is 48.9. The van der Waals surface area contributed by atoms with Crippen molar-refractivity contribution in [3.63, 3.8) is 0 Å². The maximum atomic E-state index is 13.1. The van der Waals surface area contributed by atoms with Crippen LogP contribution in [0.15, 0.2) is 0 Å². The lowest BCUT2D eigenvalue weighted by molar-refractivity contribution is -0.161. The Morgan fingerprint density at radius 2 is 0.455 bits per heavy atom. The second kappa shape index (κ2) is 73.6. The van der Waals surface area contributed by atoms with Crippen LogP contribution in [0.4, 0.5) is 0 Å². The maximum absolute atomic E-state index is 13.1. The Morgan fingerprint density at radius 3 is 0.673 bits per heavy atom. The first-order valence-corrected chi connectivity index (χ1v) is 45.5. The molecule has 0 amide bonds. The van der Waals surface area contributed by atoms with Gasteiger partial charge in [0.05, 0.1) is 26.4 Å². The highest BCUT2D eigenvalue weighted by atomic mass is 31.2. The SMILES string of the molecule is CCCCCCCCCCCCCCCC(=O)OC[C@H](COP(=O)(O)OC[C@H](O)COP(=O)(O)OC[C@@H](COC(=O)CCCCCCCCCCCCCC(C)C)OC(=O)CCCCCCCCCCCCCCCCCCCCC(C)C)OC(=O)CCCCCCCCCCCCCCC. The fraction of sp³-hybridized carbons (Fsp3) is 0.951. The van der Waals surface area contributed by atoms with E-state index in [1.54, 1.807) is 0 Å². The number of carbonyl (C=O) groups excluding carboxylic acids is 4. The number of phosphoric acid groups is 2. The van der Waals surface area contributed by atoms with Gasteiger partial charge in [0.15, 0.2) is 12.2 Å². The number of esters is 4. The summed E-state index contributed by atoms with van der Waals surface area (Å²) in [6.07, 6.45) is 63.7. The van der Waals surface area contributed by atoms with Gasteiger partial charge in [-0.05, 0) is 37.5 Å². The minimum atomic E-state index is -4.96. The number of ether oxygens (including phenoxy) is 4. The van der Waals surface area contributed by atoms with Crippen molar-refractivity contribution in [2.75, 3.05) is 39.6 Å². The summed E-state index contributed by atoms with van der Waals surface area (Å²) in [5.41, 5.74) is 0. The van der Waals surface area contributed by atoms with Crippen LogP contribution in [-0.4, -0.2) is 96.7 Å². The van der Waals surface area contributed by atoms with Crippen LogP contribution in [0.5, 0.6) is 0 Å². The molecule has 17 nitrogen and oxygen atoms in total. The highest BCUT2D eigenvalue weighted by molar-refractivity contribution is 7.47. The Balaban J connectivity index is 5.23. The molecule has 19 heteroatoms. The van der Waals surface area contributed by atoms with Gasteiger partial charge in [-0.1, -0.05) is 382 Å². The molecule has 0 saturated carbocycles. The van der Waals surface area contributed by atoms with Gasteiger partial charge < -0.3 is 33.8 Å². The molecule has 0 heterocycles. The molecule has 0 aliphatic rings. The summed E-state index contributed by atoms with van der Waals surface area (Å²) in [7, 11) is -9.92. The predicted molar refractivity (Wildman–Crippen MR) is 414 cm³/mol. The molecule has 0 aromatic heterocycles. The zero-order valence-electron chi connectivity index (χ0n) is 66.2. The van der Waals surface area contributed by atoms with E-state index in [9.17, 15) is 43.2 Å². The first-order valence-electron chi connectivity index (χ1n) is 42.5. The molecule has 0 radical (unpaired) electrons. The molecule has 101 heavy (non-hydrogen) atoms. The molecule has 0 aromatic carbocycles. The van der Waals surface area contributed by atoms with Crippen LogP contribution in [0.25, 0.3) is 0 Å². The Kier molecular flexibility index (Phi) is 72.2. The number of aliphatic hydroxyl groups excluding tert-OH is 1. The zero-order valence-corrected chi connectivity index (χ0v) is 68.0. The van der Waals surface area contributed by atoms with E-state index in [-0.39, 0.29) is 25.7 Å². The van der Waals surface area contributed by atoms with Crippen LogP contribution in [-0.2, 0) is 65.4 Å². The second-order valence-corrected chi connectivity index (χ2v) is 33.4. The number of unbranched alkanes of at least 4 members (excludes halogenated alkanes) is 51. The average molecular weight is 1480 g/mol. The lowest BCUT2D eigenvalue weighted by atomic mass is 10.0. The van der Waals surface area contributed by atoms with Crippen molar-refractivity contribution in [2.24, 2.45) is 11.8 Å². The Hall–Kier alpha value is -1.94. The molecule has 5 atom stereocenters. The standard InChI is InChI=1S/C82H160O17P2/c1-7-9-11-13-15-17-19-27-34-40-46-52-58-64-79(84)92-70-77(98-81(86)66-60-54-48-42-35-28-20-18-16-14-12-10-8-2)72-96-100(88,89)94-68-76(83)69-95-101(90,91)97-73-78(71-93-80(85)65-59-53-47-41-37-31-33-39-45-51-57-63-75(5)6)99-82(87)67-61-55-49-43-36-30-26-24-22-21-23-25-29-32-38-44-50-56-62-74(3)4/h74-78,83H,7-73H2,1-6H3,(H,88,89)(H,90,91)/t76-,77+,78+/m0/s1. The van der Waals surface area contributed by atoms with Crippen molar-refractivity contribution in [1.82, 2.24) is 0 Å². The number of hydrogen-bond donors (Lipinski definition) is 3. The van der Waals surface area contributed by atoms with E-state index in [2.05, 4.69) is 41.5 Å². The Labute approximate surface area is 619 Å². The molecule has 0 aliphatic heterocycles. The largest absolute Gasteiger partial charge is 0.472 e. The molecule has 600 valence electrons. The highest BCUT2D eigenvalue weighted by Crippen LogP contribution is 2.45. The molecule has 0 aliphatic carbocycles. The monoisotopic (exact) mass is 1480 g/mol. The van der Waals surface area contributed by atoms with Gasteiger partial charge in [0.25, 0.3) is 0 Å². The minimum absolute atomic E-state index is 0.108. The summed E-state index contributed by atoms with van der Waals surface area (Å²) in [4.78, 5) is 73.1. The molecule has 0 saturated heterocycles. The molecule has 3 N–H and O–H groups in total. The summed E-state index contributed by atoms with van der Waals surface area (Å²) >= 11 is 0. The summed E-state index contributed by atoms with van der Waals surface area (Å²) < 4.78 is 68.8. The lowest BCUT2D eigenvalue weighted by Crippen LogP contribution is -2.30. The van der Waals surface area contributed by atoms with Gasteiger partial charge in [-0.25, -0.2) is 9.13 Å². The fourth-order valence-electron chi connectivity index (χ4n) is 12.7. The van der Waals surface area contributed by atoms with Crippen LogP contribution >= 0.6 is 15.6 Å². The van der Waals surface area contributed by atoms with Gasteiger partial charge >= 0.3 is 39.5 Å². The maximum Gasteiger partial charge on any atom is 0.472 e. The topological polar surface area (TPSA) is 237 Å². The number of rotatable bonds is 81. The lowest BCUT2D eigenvalue weighted by Gasteiger charge is -2.21. The molecule has 0 bridgehead atoms. The number of carbonyl (C=O) groups is 4. The fourth-order valence-corrected chi connectivity index (χ4v) is 14.3. The quantitative estimate of drug-likeness (QED) is 0.0222. The summed E-state index contributed by atoms with van der Waals surface area (Å²) in [6.45, 7) is 9.69. The van der Waals surface area contributed by atoms with Gasteiger partial charge in [0.1, 0.15) is 19.3 Å². The van der Waals surface area contributed by atoms with Crippen molar-refractivity contribution in [3.8, 4) is 0 Å². The first kappa shape index (κ1) is 99.1. The van der Waals surface area contributed by atoms with E-state index in [4.69, 9.17) is 37.0 Å². The van der Waals surface area contributed by atoms with Crippen LogP contribution in [0.2, 0.25) is 0 Å². The third-order valence-electron chi connectivity index (χ3n) is 19.2. The summed E-state index contributed by atoms with van der Waals surface area (Å²) in [5, 5.41) is 10.6. The summed E-state index contributed by atoms with van der Waals surface area (Å²) in [6, 6.07) is 0. The van der Waals surface area contributed by atoms with Crippen LogP contribution in [0, 0.1) is 11.8 Å². The van der Waals surface area contributed by atoms with Gasteiger partial charge in [0, 0.05) is 25.7 Å². The van der Waals surface area contributed by atoms with E-state index in [1.807, 2.05) is 0 Å². The van der Waals surface area contributed by atoms with Gasteiger partial charge in [0.2, 0.25) is 0 Å². The number of aliphatic hydroxyl groups is 1. The smallest absolute Gasteiger partial charge is 0.462 e. The molecular weight excluding hydrogens is 1320 g/mol. The molecule has 0 aromatic rings. The van der Waals surface area contributed by atoms with E-state index in [0.29, 0.717) is 25.7 Å². The third kappa shape index (κ3) is 76.1. The van der Waals surface area contributed by atoms with E-state index in [0.717, 1.165) is 102 Å². The summed E-state index contributed by atoms with van der Waals surface area (Å²) in [5.74, 6) is -0.513. The number of hydrogen-bond acceptors (Lipinski definition) is 15. The zero-order chi connectivity index (χ0) is 74.2. The van der Waals surface area contributed by atoms with Crippen molar-refractivity contribution in [2.45, 2.75) is 452 Å². The molecule has 0 rings (SSSR count).